The van der Waals surface area contributed by atoms with Crippen molar-refractivity contribution >= 4 is 16.7 Å². The smallest absolute Gasteiger partial charge is 0.251 e. The molecule has 0 bridgehead atoms. The van der Waals surface area contributed by atoms with Gasteiger partial charge in [-0.15, -0.1) is 0 Å². The first-order valence-corrected chi connectivity index (χ1v) is 13.3. The molecule has 1 aliphatic carbocycles. The van der Waals surface area contributed by atoms with E-state index in [9.17, 15) is 4.79 Å². The number of fused-ring (bicyclic) bond motifs is 1. The van der Waals surface area contributed by atoms with Crippen LogP contribution in [0.4, 0.5) is 5.69 Å². The van der Waals surface area contributed by atoms with Crippen molar-refractivity contribution in [1.82, 2.24) is 19.4 Å². The van der Waals surface area contributed by atoms with Crippen molar-refractivity contribution in [3.05, 3.63) is 82.5 Å². The summed E-state index contributed by atoms with van der Waals surface area (Å²) >= 11 is 0. The zero-order valence-electron chi connectivity index (χ0n) is 21.7. The van der Waals surface area contributed by atoms with Crippen molar-refractivity contribution in [3.63, 3.8) is 0 Å². The fraction of sp³-hybridized carbons (Fsp3) is 0.400. The van der Waals surface area contributed by atoms with Gasteiger partial charge in [0.15, 0.2) is 0 Å². The number of anilines is 1. The highest BCUT2D eigenvalue weighted by molar-refractivity contribution is 5.95. The molecular weight excluding hydrogens is 462 g/mol. The van der Waals surface area contributed by atoms with E-state index in [1.54, 1.807) is 6.07 Å². The Morgan fingerprint density at radius 3 is 2.76 bits per heavy atom. The largest absolute Gasteiger partial charge is 0.378 e. The number of ether oxygens (including phenoxy) is 1. The Morgan fingerprint density at radius 1 is 1.16 bits per heavy atom. The van der Waals surface area contributed by atoms with Crippen molar-refractivity contribution in [2.75, 3.05) is 51.3 Å². The Balaban J connectivity index is 1.34. The number of nitrogens with zero attached hydrogens (tertiary/aromatic N) is 4. The Labute approximate surface area is 217 Å². The maximum Gasteiger partial charge on any atom is 0.251 e. The van der Waals surface area contributed by atoms with Crippen LogP contribution in [0.3, 0.4) is 0 Å². The molecule has 2 fully saturated rings. The molecule has 0 amide bonds. The molecule has 1 saturated heterocycles. The number of hydrogen-bond acceptors (Lipinski definition) is 5. The molecule has 0 unspecified atom stereocenters. The number of rotatable bonds is 8. The molecule has 1 N–H and O–H groups in total. The number of hydrogen-bond donors (Lipinski definition) is 1. The fourth-order valence-electron chi connectivity index (χ4n) is 5.48. The molecule has 0 radical (unpaired) electrons. The van der Waals surface area contributed by atoms with Gasteiger partial charge in [-0.3, -0.25) is 4.79 Å². The number of aromatic amines is 1. The summed E-state index contributed by atoms with van der Waals surface area (Å²) in [6, 6.07) is 14.5. The lowest BCUT2D eigenvalue weighted by molar-refractivity contribution is 0.122. The average molecular weight is 498 g/mol. The van der Waals surface area contributed by atoms with Gasteiger partial charge >= 0.3 is 0 Å². The molecule has 1 aliphatic heterocycles. The summed E-state index contributed by atoms with van der Waals surface area (Å²) in [5.41, 5.74) is 6.21. The number of morpholine rings is 1. The molecule has 3 aromatic heterocycles. The molecule has 6 rings (SSSR count). The van der Waals surface area contributed by atoms with Crippen molar-refractivity contribution in [2.45, 2.75) is 25.8 Å². The minimum absolute atomic E-state index is 0.00970. The summed E-state index contributed by atoms with van der Waals surface area (Å²) in [4.78, 5) is 26.2. The van der Waals surface area contributed by atoms with E-state index in [1.807, 2.05) is 23.2 Å². The molecule has 1 aromatic carbocycles. The van der Waals surface area contributed by atoms with Gasteiger partial charge in [0.2, 0.25) is 0 Å². The van der Waals surface area contributed by atoms with E-state index in [2.05, 4.69) is 70.1 Å². The van der Waals surface area contributed by atoms with E-state index in [4.69, 9.17) is 4.74 Å². The molecular formula is C30H35N5O2. The first-order chi connectivity index (χ1) is 18.0. The number of H-pyrrole nitrogens is 1. The van der Waals surface area contributed by atoms with Gasteiger partial charge in [-0.1, -0.05) is 29.8 Å². The Kier molecular flexibility index (Phi) is 6.57. The van der Waals surface area contributed by atoms with Gasteiger partial charge in [0.05, 0.1) is 31.1 Å². The highest BCUT2D eigenvalue weighted by Gasteiger charge is 2.25. The van der Waals surface area contributed by atoms with E-state index < -0.39 is 0 Å². The molecule has 0 spiro atoms. The summed E-state index contributed by atoms with van der Waals surface area (Å²) < 4.78 is 7.40. The van der Waals surface area contributed by atoms with Gasteiger partial charge in [0, 0.05) is 55.6 Å². The number of likely N-dealkylation sites (N-methyl/N-ethyl adjacent to an activating group) is 1. The molecule has 7 heteroatoms. The van der Waals surface area contributed by atoms with Gasteiger partial charge in [0.25, 0.3) is 5.56 Å². The van der Waals surface area contributed by atoms with Crippen molar-refractivity contribution in [3.8, 4) is 11.1 Å². The first-order valence-electron chi connectivity index (χ1n) is 13.3. The standard InChI is InChI=1S/C30H35N5O2/c1-21-4-3-5-24(14-21)28(20-33(2)19-22-6-7-22)35-9-8-23(15-29(35)36)27-18-32-30-26(27)16-25(17-31-30)34-10-12-37-13-11-34/h3-5,8-9,14-18,22,28H,6-7,10-13,19-20H2,1-2H3,(H,31,32)/t28-/m1/s1. The highest BCUT2D eigenvalue weighted by Crippen LogP contribution is 2.32. The number of nitrogens with one attached hydrogen (secondary N) is 1. The van der Waals surface area contributed by atoms with Crippen LogP contribution < -0.4 is 10.5 Å². The molecule has 1 atom stereocenters. The van der Waals surface area contributed by atoms with Crippen LogP contribution in [-0.4, -0.2) is 65.9 Å². The third-order valence-electron chi connectivity index (χ3n) is 7.67. The van der Waals surface area contributed by atoms with Gasteiger partial charge < -0.3 is 24.1 Å². The van der Waals surface area contributed by atoms with Gasteiger partial charge in [0.1, 0.15) is 5.65 Å². The second-order valence-corrected chi connectivity index (χ2v) is 10.6. The van der Waals surface area contributed by atoms with Crippen LogP contribution in [0.5, 0.6) is 0 Å². The van der Waals surface area contributed by atoms with E-state index in [0.29, 0.717) is 0 Å². The summed E-state index contributed by atoms with van der Waals surface area (Å²) in [5, 5.41) is 1.03. The van der Waals surface area contributed by atoms with E-state index in [-0.39, 0.29) is 11.6 Å². The van der Waals surface area contributed by atoms with Crippen molar-refractivity contribution < 1.29 is 4.74 Å². The first kappa shape index (κ1) is 23.9. The van der Waals surface area contributed by atoms with Crippen molar-refractivity contribution in [2.24, 2.45) is 5.92 Å². The number of aromatic nitrogens is 3. The van der Waals surface area contributed by atoms with Crippen LogP contribution in [0.15, 0.2) is 65.8 Å². The Bertz CT molecular complexity index is 1450. The lowest BCUT2D eigenvalue weighted by atomic mass is 10.0. The summed E-state index contributed by atoms with van der Waals surface area (Å²) in [6.07, 6.45) is 8.48. The number of aryl methyl sites for hydroxylation is 1. The molecule has 2 aliphatic rings. The predicted octanol–water partition coefficient (Wildman–Crippen LogP) is 4.47. The SMILES string of the molecule is Cc1cccc([C@@H](CN(C)CC2CC2)n2ccc(-c3c[nH]c4ncc(N5CCOCC5)cc34)cc2=O)c1. The maximum absolute atomic E-state index is 13.6. The quantitative estimate of drug-likeness (QED) is 0.389. The van der Waals surface area contributed by atoms with Crippen molar-refractivity contribution in [1.29, 1.82) is 0 Å². The second-order valence-electron chi connectivity index (χ2n) is 10.6. The Morgan fingerprint density at radius 2 is 2.00 bits per heavy atom. The minimum Gasteiger partial charge on any atom is -0.378 e. The van der Waals surface area contributed by atoms with E-state index >= 15 is 0 Å². The van der Waals surface area contributed by atoms with Crippen LogP contribution in [-0.2, 0) is 4.74 Å². The molecule has 1 saturated carbocycles. The molecule has 4 heterocycles. The monoisotopic (exact) mass is 497 g/mol. The molecule has 4 aromatic rings. The predicted molar refractivity (Wildman–Crippen MR) is 148 cm³/mol. The number of pyridine rings is 2. The lowest BCUT2D eigenvalue weighted by Crippen LogP contribution is -2.36. The van der Waals surface area contributed by atoms with E-state index in [0.717, 1.165) is 73.2 Å². The summed E-state index contributed by atoms with van der Waals surface area (Å²) in [7, 11) is 2.17. The highest BCUT2D eigenvalue weighted by atomic mass is 16.5. The second kappa shape index (κ2) is 10.1. The van der Waals surface area contributed by atoms with Crippen LogP contribution >= 0.6 is 0 Å². The third-order valence-corrected chi connectivity index (χ3v) is 7.67. The minimum atomic E-state index is -0.0391. The molecule has 7 nitrogen and oxygen atoms in total. The van der Waals surface area contributed by atoms with Gasteiger partial charge in [-0.25, -0.2) is 4.98 Å². The zero-order chi connectivity index (χ0) is 25.4. The normalized spacial score (nSPS) is 17.0. The van der Waals surface area contributed by atoms with Gasteiger partial charge in [-0.05, 0) is 56.0 Å². The van der Waals surface area contributed by atoms with Crippen LogP contribution in [0.25, 0.3) is 22.2 Å². The number of benzene rings is 1. The summed E-state index contributed by atoms with van der Waals surface area (Å²) in [6.45, 7) is 7.18. The maximum atomic E-state index is 13.6. The lowest BCUT2D eigenvalue weighted by Gasteiger charge is -2.28. The van der Waals surface area contributed by atoms with Crippen LogP contribution in [0, 0.1) is 12.8 Å². The zero-order valence-corrected chi connectivity index (χ0v) is 21.7. The third kappa shape index (κ3) is 5.20. The topological polar surface area (TPSA) is 66.4 Å². The summed E-state index contributed by atoms with van der Waals surface area (Å²) in [5.74, 6) is 0.806. The average Bonchev–Trinajstić information content (AvgIpc) is 3.62. The van der Waals surface area contributed by atoms with Gasteiger partial charge in [-0.2, -0.15) is 0 Å². The Hall–Kier alpha value is -3.42. The molecule has 37 heavy (non-hydrogen) atoms. The molecule has 192 valence electrons. The van der Waals surface area contributed by atoms with Crippen LogP contribution in [0.1, 0.15) is 30.0 Å². The van der Waals surface area contributed by atoms with E-state index in [1.165, 1.54) is 24.0 Å². The van der Waals surface area contributed by atoms with Crippen LogP contribution in [0.2, 0.25) is 0 Å². The fourth-order valence-corrected chi connectivity index (χ4v) is 5.48.